The van der Waals surface area contributed by atoms with Crippen LogP contribution in [0.4, 0.5) is 0 Å². The Morgan fingerprint density at radius 1 is 0.328 bits per heavy atom. The molecular weight excluding hydrogens is 912 g/mol. The monoisotopic (exact) mass is 942 g/mol. The molecule has 30 nitrogen and oxygen atoms in total. The number of aliphatic carboxylic acids is 12. The van der Waals surface area contributed by atoms with Gasteiger partial charge in [-0.1, -0.05) is 0 Å². The summed E-state index contributed by atoms with van der Waals surface area (Å²) in [5.41, 5.74) is -8.92. The zero-order valence-electron chi connectivity index (χ0n) is 31.3. The second-order valence-electron chi connectivity index (χ2n) is 10.2. The minimum absolute atomic E-state index is 0. The third-order valence-electron chi connectivity index (χ3n) is 4.78. The van der Waals surface area contributed by atoms with Crippen LogP contribution in [0.2, 0.25) is 0 Å². The summed E-state index contributed by atoms with van der Waals surface area (Å²) in [6.07, 6.45) is -12.2. The molecule has 0 rings (SSSR count). The van der Waals surface area contributed by atoms with Crippen molar-refractivity contribution in [2.75, 3.05) is 0 Å². The van der Waals surface area contributed by atoms with Crippen molar-refractivity contribution in [3.8, 4) is 0 Å². The third kappa shape index (κ3) is 51.6. The Bertz CT molecular complexity index is 1210. The van der Waals surface area contributed by atoms with E-state index in [0.29, 0.717) is 0 Å². The minimum atomic E-state index is -2.97. The molecule has 3 unspecified atom stereocenters. The molecule has 0 fully saturated rings. The first-order valence-corrected chi connectivity index (χ1v) is 13.9. The number of hydrogen-bond acceptors (Lipinski definition) is 30. The first kappa shape index (κ1) is 80.5. The Labute approximate surface area is 383 Å². The van der Waals surface area contributed by atoms with Gasteiger partial charge in [-0.2, -0.15) is 0 Å². The molecule has 0 aliphatic rings. The molecule has 0 bridgehead atoms. The number of carboxylic acid groups (broad SMARTS) is 12. The molecule has 0 aliphatic carbocycles. The molecule has 3 atom stereocenters. The van der Waals surface area contributed by atoms with Gasteiger partial charge in [0.1, 0.15) is 16.8 Å². The van der Waals surface area contributed by atoms with E-state index < -0.39 is 145 Å². The second kappa shape index (κ2) is 39.7. The number of rotatable bonds is 18. The SMILES string of the molecule is CC(O)C(=O)[O-].CC(O)C(=O)[O-].CC(O)C(=O)[O-].O=C([O-])CC(O)(CC(=O)[O-])C(=O)[O-].O=C([O-])CC(O)(CC(=O)[O-])C(=O)[O-].O=C([O-])CC(O)(CC(=O)[O-])C(=O)[O-].[Al+3].[Al+3].[Al+3].[Al+3]. The van der Waals surface area contributed by atoms with Crippen molar-refractivity contribution in [2.45, 2.75) is 94.4 Å². The van der Waals surface area contributed by atoms with E-state index in [1.807, 2.05) is 0 Å². The van der Waals surface area contributed by atoms with Gasteiger partial charge in [-0.15, -0.1) is 0 Å². The van der Waals surface area contributed by atoms with Crippen molar-refractivity contribution >= 4 is 141 Å². The number of carbonyl (C=O) groups is 12. The van der Waals surface area contributed by atoms with E-state index in [-0.39, 0.29) is 69.4 Å². The Morgan fingerprint density at radius 3 is 0.443 bits per heavy atom. The van der Waals surface area contributed by atoms with Crippen LogP contribution < -0.4 is 61.3 Å². The van der Waals surface area contributed by atoms with Crippen LogP contribution in [0.5, 0.6) is 0 Å². The molecule has 0 aromatic carbocycles. The van der Waals surface area contributed by atoms with Gasteiger partial charge in [0.25, 0.3) is 0 Å². The largest absolute Gasteiger partial charge is 3.00 e. The molecule has 0 saturated carbocycles. The molecule has 0 radical (unpaired) electrons. The second-order valence-corrected chi connectivity index (χ2v) is 10.2. The number of hydrogen-bond donors (Lipinski definition) is 6. The summed E-state index contributed by atoms with van der Waals surface area (Å²) in [5.74, 6) is -22.3. The van der Waals surface area contributed by atoms with Crippen LogP contribution in [0.15, 0.2) is 0 Å². The average molecular weight is 942 g/mol. The molecular formula is C27H30Al4O30. The fourth-order valence-electron chi connectivity index (χ4n) is 2.05. The fraction of sp³-hybridized carbons (Fsp3) is 0.556. The molecule has 0 heterocycles. The van der Waals surface area contributed by atoms with Crippen LogP contribution in [-0.4, -0.2) is 207 Å². The summed E-state index contributed by atoms with van der Waals surface area (Å²) >= 11 is 0. The van der Waals surface area contributed by atoms with Crippen molar-refractivity contribution in [1.82, 2.24) is 0 Å². The maximum absolute atomic E-state index is 10.1. The molecule has 61 heavy (non-hydrogen) atoms. The van der Waals surface area contributed by atoms with E-state index in [2.05, 4.69) is 0 Å². The van der Waals surface area contributed by atoms with Crippen LogP contribution in [0, 0.1) is 0 Å². The summed E-state index contributed by atoms with van der Waals surface area (Å²) in [5, 5.41) is 169. The molecule has 0 saturated heterocycles. The van der Waals surface area contributed by atoms with E-state index in [9.17, 15) is 119 Å². The molecule has 0 amide bonds. The summed E-state index contributed by atoms with van der Waals surface area (Å²) in [7, 11) is 0. The van der Waals surface area contributed by atoms with Crippen molar-refractivity contribution in [3.05, 3.63) is 0 Å². The van der Waals surface area contributed by atoms with E-state index >= 15 is 0 Å². The molecule has 330 valence electrons. The van der Waals surface area contributed by atoms with Gasteiger partial charge in [-0.25, -0.2) is 0 Å². The van der Waals surface area contributed by atoms with Gasteiger partial charge in [0, 0.05) is 74.3 Å². The van der Waals surface area contributed by atoms with E-state index in [4.69, 9.17) is 30.6 Å². The van der Waals surface area contributed by atoms with Crippen LogP contribution >= 0.6 is 0 Å². The zero-order valence-corrected chi connectivity index (χ0v) is 35.9. The molecule has 0 spiro atoms. The third-order valence-corrected chi connectivity index (χ3v) is 4.78. The van der Waals surface area contributed by atoms with Gasteiger partial charge in [0.2, 0.25) is 0 Å². The van der Waals surface area contributed by atoms with Crippen LogP contribution in [0.25, 0.3) is 0 Å². The van der Waals surface area contributed by atoms with E-state index in [1.54, 1.807) is 0 Å². The Balaban J connectivity index is -0.0000000652. The predicted molar refractivity (Wildman–Crippen MR) is 161 cm³/mol. The van der Waals surface area contributed by atoms with Gasteiger partial charge in [-0.05, 0) is 20.8 Å². The molecule has 0 aromatic rings. The Morgan fingerprint density at radius 2 is 0.410 bits per heavy atom. The van der Waals surface area contributed by atoms with Crippen molar-refractivity contribution < 1.29 is 149 Å². The smallest absolute Gasteiger partial charge is 0.550 e. The normalized spacial score (nSPS) is 11.0. The summed E-state index contributed by atoms with van der Waals surface area (Å²) in [6.45, 7) is 3.40. The molecule has 0 aliphatic heterocycles. The van der Waals surface area contributed by atoms with Gasteiger partial charge in [0.05, 0.1) is 54.1 Å². The standard InChI is InChI=1S/3C6H8O7.3C3H6O3.4Al/c3*7-3(8)1-6(13,5(11)12)2-4(9)10;3*1-2(4)3(5)6;;;;/h3*13H,1-2H2,(H,7,8)(H,9,10)(H,11,12);3*2,4H,1H3,(H,5,6);;;;/q;;;;;;4*+3/p-12. The summed E-state index contributed by atoms with van der Waals surface area (Å²) in [6, 6.07) is 0. The van der Waals surface area contributed by atoms with Gasteiger partial charge in [-0.3, -0.25) is 0 Å². The molecule has 6 N–H and O–H groups in total. The quantitative estimate of drug-likeness (QED) is 0.0695. The van der Waals surface area contributed by atoms with Crippen molar-refractivity contribution in [3.63, 3.8) is 0 Å². The molecule has 0 aromatic heterocycles. The Kier molecular flexibility index (Phi) is 52.3. The van der Waals surface area contributed by atoms with Gasteiger partial charge < -0.3 is 149 Å². The average Bonchev–Trinajstić information content (AvgIpc) is 2.95. The Hall–Kier alpha value is -4.47. The fourth-order valence-corrected chi connectivity index (χ4v) is 2.05. The number of aliphatic hydroxyl groups excluding tert-OH is 3. The first-order valence-electron chi connectivity index (χ1n) is 13.9. The van der Waals surface area contributed by atoms with Crippen LogP contribution in [-0.2, 0) is 57.5 Å². The van der Waals surface area contributed by atoms with Crippen molar-refractivity contribution in [2.24, 2.45) is 0 Å². The van der Waals surface area contributed by atoms with Crippen LogP contribution in [0.3, 0.4) is 0 Å². The predicted octanol–water partition coefficient (Wildman–Crippen LogP) is -22.9. The number of carbonyl (C=O) groups excluding carboxylic acids is 12. The van der Waals surface area contributed by atoms with Gasteiger partial charge >= 0.3 is 69.4 Å². The summed E-state index contributed by atoms with van der Waals surface area (Å²) in [4.78, 5) is 118. The topological polar surface area (TPSA) is 603 Å². The van der Waals surface area contributed by atoms with Gasteiger partial charge in [0.15, 0.2) is 0 Å². The maximum Gasteiger partial charge on any atom is 3.00 e. The number of aliphatic hydroxyl groups is 6. The first-order chi connectivity index (χ1) is 25.3. The van der Waals surface area contributed by atoms with Crippen molar-refractivity contribution in [1.29, 1.82) is 0 Å². The number of carboxylic acids is 12. The zero-order chi connectivity index (χ0) is 47.4. The minimum Gasteiger partial charge on any atom is -0.550 e. The molecule has 34 heteroatoms. The van der Waals surface area contributed by atoms with E-state index in [1.165, 1.54) is 0 Å². The van der Waals surface area contributed by atoms with Crippen LogP contribution in [0.1, 0.15) is 59.3 Å². The summed E-state index contributed by atoms with van der Waals surface area (Å²) < 4.78 is 0. The maximum atomic E-state index is 10.1. The van der Waals surface area contributed by atoms with E-state index in [0.717, 1.165) is 20.8 Å².